The van der Waals surface area contributed by atoms with E-state index < -0.39 is 0 Å². The van der Waals surface area contributed by atoms with Gasteiger partial charge >= 0.3 is 0 Å². The van der Waals surface area contributed by atoms with E-state index in [1.54, 1.807) is 0 Å². The Morgan fingerprint density at radius 1 is 1.08 bits per heavy atom. The van der Waals surface area contributed by atoms with Crippen molar-refractivity contribution >= 4 is 11.9 Å². The summed E-state index contributed by atoms with van der Waals surface area (Å²) in [7, 11) is 0. The minimum atomic E-state index is -0.245. The Kier molecular flexibility index (Phi) is 7.46. The molecule has 1 rings (SSSR count). The molecule has 0 aliphatic rings. The first-order valence-electron chi connectivity index (χ1n) is 8.94. The molecule has 0 aromatic heterocycles. The van der Waals surface area contributed by atoms with Crippen LogP contribution in [0.3, 0.4) is 0 Å². The van der Waals surface area contributed by atoms with Crippen LogP contribution in [0.25, 0.3) is 0 Å². The summed E-state index contributed by atoms with van der Waals surface area (Å²) < 4.78 is 0. The molecule has 1 aromatic carbocycles. The van der Waals surface area contributed by atoms with Crippen molar-refractivity contribution in [3.63, 3.8) is 0 Å². The van der Waals surface area contributed by atoms with E-state index in [-0.39, 0.29) is 23.4 Å². The van der Waals surface area contributed by atoms with Crippen molar-refractivity contribution in [1.29, 1.82) is 0 Å². The molecule has 0 fully saturated rings. The smallest absolute Gasteiger partial charge is 0.242 e. The van der Waals surface area contributed by atoms with Gasteiger partial charge in [0.25, 0.3) is 0 Å². The fourth-order valence-electron chi connectivity index (χ4n) is 2.68. The molecular formula is C20H34N4O. The van der Waals surface area contributed by atoms with Gasteiger partial charge in [-0.05, 0) is 45.7 Å². The van der Waals surface area contributed by atoms with Gasteiger partial charge in [0.15, 0.2) is 5.96 Å². The molecule has 1 amide bonds. The van der Waals surface area contributed by atoms with E-state index in [0.717, 1.165) is 13.1 Å². The number of nitrogens with zero attached hydrogens (tertiary/aromatic N) is 1. The van der Waals surface area contributed by atoms with E-state index in [1.165, 1.54) is 11.1 Å². The Labute approximate surface area is 152 Å². The molecule has 0 unspecified atom stereocenters. The molecule has 0 aliphatic carbocycles. The molecule has 0 heterocycles. The van der Waals surface area contributed by atoms with Crippen molar-refractivity contribution in [2.75, 3.05) is 19.6 Å². The van der Waals surface area contributed by atoms with Crippen LogP contribution in [0, 0.1) is 6.92 Å². The molecule has 0 aliphatic heterocycles. The molecule has 5 heteroatoms. The average Bonchev–Trinajstić information content (AvgIpc) is 2.48. The highest BCUT2D eigenvalue weighted by Crippen LogP contribution is 2.25. The molecule has 0 saturated heterocycles. The van der Waals surface area contributed by atoms with Gasteiger partial charge in [-0.1, -0.05) is 38.1 Å². The van der Waals surface area contributed by atoms with Crippen LogP contribution in [0.2, 0.25) is 0 Å². The van der Waals surface area contributed by atoms with E-state index in [1.807, 2.05) is 27.7 Å². The van der Waals surface area contributed by atoms with Crippen molar-refractivity contribution in [1.82, 2.24) is 16.0 Å². The molecule has 140 valence electrons. The number of aryl methyl sites for hydroxylation is 1. The van der Waals surface area contributed by atoms with Crippen molar-refractivity contribution < 1.29 is 4.79 Å². The second-order valence-corrected chi connectivity index (χ2v) is 8.05. The van der Waals surface area contributed by atoms with E-state index >= 15 is 0 Å². The molecule has 5 nitrogen and oxygen atoms in total. The van der Waals surface area contributed by atoms with Crippen molar-refractivity contribution in [3.8, 4) is 0 Å². The Bertz CT molecular complexity index is 600. The van der Waals surface area contributed by atoms with Crippen LogP contribution in [0.5, 0.6) is 0 Å². The third-order valence-corrected chi connectivity index (χ3v) is 3.81. The van der Waals surface area contributed by atoms with E-state index in [0.29, 0.717) is 5.96 Å². The Morgan fingerprint density at radius 2 is 1.72 bits per heavy atom. The fourth-order valence-corrected chi connectivity index (χ4v) is 2.68. The summed E-state index contributed by atoms with van der Waals surface area (Å²) in [6.07, 6.45) is 0. The Hall–Kier alpha value is -2.04. The number of amides is 1. The van der Waals surface area contributed by atoms with Gasteiger partial charge in [-0.3, -0.25) is 4.79 Å². The highest BCUT2D eigenvalue weighted by molar-refractivity contribution is 5.85. The summed E-state index contributed by atoms with van der Waals surface area (Å²) in [5, 5.41) is 9.48. The maximum absolute atomic E-state index is 12.0. The molecular weight excluding hydrogens is 312 g/mol. The molecule has 0 spiro atoms. The highest BCUT2D eigenvalue weighted by atomic mass is 16.2. The van der Waals surface area contributed by atoms with Gasteiger partial charge in [0.05, 0.1) is 0 Å². The average molecular weight is 347 g/mol. The molecule has 25 heavy (non-hydrogen) atoms. The number of nitrogens with one attached hydrogen (secondary N) is 3. The number of carbonyl (C=O) groups excluding carboxylic acids is 1. The van der Waals surface area contributed by atoms with Gasteiger partial charge in [-0.2, -0.15) is 0 Å². The molecule has 0 radical (unpaired) electrons. The Morgan fingerprint density at radius 3 is 2.28 bits per heavy atom. The molecule has 1 aromatic rings. The molecule has 0 atom stereocenters. The third kappa shape index (κ3) is 7.59. The van der Waals surface area contributed by atoms with E-state index in [2.05, 4.69) is 66.0 Å². The van der Waals surface area contributed by atoms with E-state index in [9.17, 15) is 4.79 Å². The van der Waals surface area contributed by atoms with E-state index in [4.69, 9.17) is 0 Å². The lowest BCUT2D eigenvalue weighted by molar-refractivity contribution is -0.121. The lowest BCUT2D eigenvalue weighted by atomic mass is 9.82. The summed E-state index contributed by atoms with van der Waals surface area (Å²) in [4.78, 5) is 16.4. The second-order valence-electron chi connectivity index (χ2n) is 8.05. The first kappa shape index (κ1) is 21.0. The van der Waals surface area contributed by atoms with Gasteiger partial charge in [-0.15, -0.1) is 0 Å². The fraction of sp³-hybridized carbons (Fsp3) is 0.600. The normalized spacial score (nSPS) is 12.7. The quantitative estimate of drug-likeness (QED) is 0.548. The molecule has 0 saturated carbocycles. The lowest BCUT2D eigenvalue weighted by Gasteiger charge is -2.28. The summed E-state index contributed by atoms with van der Waals surface area (Å²) in [6.45, 7) is 16.0. The zero-order valence-electron chi connectivity index (χ0n) is 16.8. The summed E-state index contributed by atoms with van der Waals surface area (Å²) in [5.74, 6) is 0.580. The van der Waals surface area contributed by atoms with Crippen molar-refractivity contribution in [2.24, 2.45) is 4.99 Å². The van der Waals surface area contributed by atoms with Gasteiger partial charge in [0, 0.05) is 24.0 Å². The largest absolute Gasteiger partial charge is 0.357 e. The summed E-state index contributed by atoms with van der Waals surface area (Å²) in [6, 6.07) is 8.42. The topological polar surface area (TPSA) is 65.5 Å². The van der Waals surface area contributed by atoms with Gasteiger partial charge in [-0.25, -0.2) is 4.99 Å². The summed E-state index contributed by atoms with van der Waals surface area (Å²) in [5.41, 5.74) is 2.30. The number of hydrogen-bond acceptors (Lipinski definition) is 2. The first-order chi connectivity index (χ1) is 11.5. The van der Waals surface area contributed by atoms with Crippen LogP contribution in [-0.4, -0.2) is 37.0 Å². The van der Waals surface area contributed by atoms with Crippen LogP contribution in [0.1, 0.15) is 52.7 Å². The number of guanidine groups is 1. The van der Waals surface area contributed by atoms with Crippen LogP contribution in [-0.2, 0) is 10.2 Å². The standard InChI is InChI=1S/C20H34N4O/c1-8-21-18(22-13-17(25)24-19(3,4)5)23-14-20(6,7)16-12-10-9-11-15(16)2/h9-12H,8,13-14H2,1-7H3,(H,24,25)(H2,21,22,23). The predicted molar refractivity (Wildman–Crippen MR) is 106 cm³/mol. The maximum Gasteiger partial charge on any atom is 0.242 e. The highest BCUT2D eigenvalue weighted by Gasteiger charge is 2.22. The van der Waals surface area contributed by atoms with Crippen LogP contribution in [0.15, 0.2) is 29.3 Å². The monoisotopic (exact) mass is 346 g/mol. The van der Waals surface area contributed by atoms with Crippen LogP contribution in [0.4, 0.5) is 0 Å². The Balaban J connectivity index is 2.73. The van der Waals surface area contributed by atoms with Gasteiger partial charge in [0.2, 0.25) is 5.91 Å². The predicted octanol–water partition coefficient (Wildman–Crippen LogP) is 2.74. The minimum absolute atomic E-state index is 0.0464. The van der Waals surface area contributed by atoms with Crippen LogP contribution < -0.4 is 16.0 Å². The zero-order chi connectivity index (χ0) is 19.1. The number of rotatable bonds is 6. The zero-order valence-corrected chi connectivity index (χ0v) is 16.8. The number of benzene rings is 1. The second kappa shape index (κ2) is 8.88. The lowest BCUT2D eigenvalue weighted by Crippen LogP contribution is -2.45. The van der Waals surface area contributed by atoms with Crippen molar-refractivity contribution in [2.45, 2.75) is 59.4 Å². The van der Waals surface area contributed by atoms with Crippen LogP contribution >= 0.6 is 0 Å². The number of aliphatic imine (C=N–C) groups is 1. The molecule has 0 bridgehead atoms. The molecule has 3 N–H and O–H groups in total. The summed E-state index contributed by atoms with van der Waals surface area (Å²) >= 11 is 0. The van der Waals surface area contributed by atoms with Gasteiger partial charge in [0.1, 0.15) is 6.54 Å². The van der Waals surface area contributed by atoms with Crippen molar-refractivity contribution in [3.05, 3.63) is 35.4 Å². The van der Waals surface area contributed by atoms with Gasteiger partial charge < -0.3 is 16.0 Å². The maximum atomic E-state index is 12.0. The number of carbonyl (C=O) groups is 1. The SMILES string of the molecule is CCNC(=NCC(=O)NC(C)(C)C)NCC(C)(C)c1ccccc1C. The minimum Gasteiger partial charge on any atom is -0.357 e. The first-order valence-corrected chi connectivity index (χ1v) is 8.94. The number of hydrogen-bond donors (Lipinski definition) is 3. The third-order valence-electron chi connectivity index (χ3n) is 3.81.